The molecule has 1 atom stereocenters. The summed E-state index contributed by atoms with van der Waals surface area (Å²) in [6.07, 6.45) is 1.59. The maximum atomic E-state index is 12.8. The Labute approximate surface area is 189 Å². The summed E-state index contributed by atoms with van der Waals surface area (Å²) in [4.78, 5) is 39.1. The van der Waals surface area contributed by atoms with Gasteiger partial charge in [0.25, 0.3) is 5.91 Å². The molecule has 0 spiro atoms. The van der Waals surface area contributed by atoms with Gasteiger partial charge in [0, 0.05) is 36.9 Å². The fraction of sp³-hybridized carbons (Fsp3) is 0.400. The van der Waals surface area contributed by atoms with Crippen LogP contribution in [0.3, 0.4) is 0 Å². The fourth-order valence-corrected chi connectivity index (χ4v) is 3.72. The highest BCUT2D eigenvalue weighted by Gasteiger charge is 2.28. The number of amides is 4. The molecule has 32 heavy (non-hydrogen) atoms. The van der Waals surface area contributed by atoms with Crippen molar-refractivity contribution in [2.24, 2.45) is 5.92 Å². The topological polar surface area (TPSA) is 90.5 Å². The van der Waals surface area contributed by atoms with Gasteiger partial charge in [0.1, 0.15) is 0 Å². The largest absolute Gasteiger partial charge is 0.352 e. The molecule has 3 N–H and O–H groups in total. The second-order valence-corrected chi connectivity index (χ2v) is 8.62. The quantitative estimate of drug-likeness (QED) is 0.645. The number of nitrogens with one attached hydrogen (secondary N) is 3. The van der Waals surface area contributed by atoms with E-state index in [1.807, 2.05) is 69.3 Å². The molecule has 0 bridgehead atoms. The number of aryl methyl sites for hydroxylation is 1. The average Bonchev–Trinajstić information content (AvgIpc) is 2.78. The summed E-state index contributed by atoms with van der Waals surface area (Å²) in [5, 5.41) is 8.53. The van der Waals surface area contributed by atoms with Crippen LogP contribution in [0.1, 0.15) is 48.2 Å². The van der Waals surface area contributed by atoms with E-state index in [-0.39, 0.29) is 29.8 Å². The third-order valence-electron chi connectivity index (χ3n) is 5.48. The summed E-state index contributed by atoms with van der Waals surface area (Å²) in [6, 6.07) is 14.7. The fourth-order valence-electron chi connectivity index (χ4n) is 3.72. The van der Waals surface area contributed by atoms with E-state index in [2.05, 4.69) is 16.0 Å². The predicted molar refractivity (Wildman–Crippen MR) is 125 cm³/mol. The van der Waals surface area contributed by atoms with Gasteiger partial charge < -0.3 is 20.9 Å². The van der Waals surface area contributed by atoms with E-state index in [9.17, 15) is 14.4 Å². The zero-order valence-corrected chi connectivity index (χ0v) is 19.0. The Morgan fingerprint density at radius 3 is 2.38 bits per heavy atom. The third kappa shape index (κ3) is 6.57. The van der Waals surface area contributed by atoms with Gasteiger partial charge in [-0.05, 0) is 63.4 Å². The van der Waals surface area contributed by atoms with Crippen molar-refractivity contribution in [3.63, 3.8) is 0 Å². The number of likely N-dealkylation sites (tertiary alicyclic amines) is 1. The average molecular weight is 437 g/mol. The lowest BCUT2D eigenvalue weighted by Gasteiger charge is -2.32. The third-order valence-corrected chi connectivity index (χ3v) is 5.48. The van der Waals surface area contributed by atoms with E-state index in [1.165, 1.54) is 0 Å². The number of carbonyl (C=O) groups excluding carboxylic acids is 3. The lowest BCUT2D eigenvalue weighted by atomic mass is 9.96. The van der Waals surface area contributed by atoms with Gasteiger partial charge in [-0.1, -0.05) is 29.8 Å². The highest BCUT2D eigenvalue weighted by molar-refractivity contribution is 5.94. The van der Waals surface area contributed by atoms with E-state index in [1.54, 1.807) is 4.90 Å². The molecule has 1 aliphatic heterocycles. The Morgan fingerprint density at radius 1 is 1.03 bits per heavy atom. The van der Waals surface area contributed by atoms with Crippen molar-refractivity contribution in [2.45, 2.75) is 46.2 Å². The molecule has 7 nitrogen and oxygen atoms in total. The van der Waals surface area contributed by atoms with E-state index in [0.29, 0.717) is 30.9 Å². The van der Waals surface area contributed by atoms with E-state index in [4.69, 9.17) is 0 Å². The number of piperidine rings is 1. The van der Waals surface area contributed by atoms with Crippen molar-refractivity contribution in [3.8, 4) is 0 Å². The van der Waals surface area contributed by atoms with Gasteiger partial charge in [0.15, 0.2) is 0 Å². The number of hydrogen-bond acceptors (Lipinski definition) is 3. The monoisotopic (exact) mass is 436 g/mol. The second-order valence-electron chi connectivity index (χ2n) is 8.62. The minimum atomic E-state index is -0.247. The number of urea groups is 1. The molecule has 1 heterocycles. The van der Waals surface area contributed by atoms with Gasteiger partial charge in [-0.25, -0.2) is 4.79 Å². The van der Waals surface area contributed by atoms with E-state index in [0.717, 1.165) is 24.0 Å². The van der Waals surface area contributed by atoms with Crippen LogP contribution in [-0.2, 0) is 11.3 Å². The van der Waals surface area contributed by atoms with Crippen molar-refractivity contribution < 1.29 is 14.4 Å². The molecule has 1 aliphatic rings. The first kappa shape index (κ1) is 23.3. The van der Waals surface area contributed by atoms with E-state index < -0.39 is 0 Å². The standard InChI is InChI=1S/C25H32N4O3/c1-17(2)27-25(32)28-22-12-8-19(9-13-22)15-26-23(30)21-5-4-14-29(16-21)24(31)20-10-6-18(3)7-11-20/h6-13,17,21H,4-5,14-16H2,1-3H3,(H,26,30)(H2,27,28,32). The highest BCUT2D eigenvalue weighted by atomic mass is 16.2. The minimum absolute atomic E-state index is 0.0212. The Hall–Kier alpha value is -3.35. The molecule has 0 aromatic heterocycles. The molecule has 1 unspecified atom stereocenters. The number of benzene rings is 2. The molecule has 1 saturated heterocycles. The molecule has 2 aromatic rings. The van der Waals surface area contributed by atoms with Crippen molar-refractivity contribution in [1.82, 2.24) is 15.5 Å². The normalized spacial score (nSPS) is 15.9. The molecule has 7 heteroatoms. The van der Waals surface area contributed by atoms with E-state index >= 15 is 0 Å². The maximum absolute atomic E-state index is 12.8. The summed E-state index contributed by atoms with van der Waals surface area (Å²) in [7, 11) is 0. The zero-order valence-electron chi connectivity index (χ0n) is 19.0. The Bertz CT molecular complexity index is 939. The summed E-state index contributed by atoms with van der Waals surface area (Å²) in [5.41, 5.74) is 3.40. The SMILES string of the molecule is Cc1ccc(C(=O)N2CCCC(C(=O)NCc3ccc(NC(=O)NC(C)C)cc3)C2)cc1. The second kappa shape index (κ2) is 10.8. The molecule has 4 amide bonds. The van der Waals surface area contributed by atoms with Gasteiger partial charge in [-0.2, -0.15) is 0 Å². The Balaban J connectivity index is 1.49. The van der Waals surface area contributed by atoms with Gasteiger partial charge >= 0.3 is 6.03 Å². The van der Waals surface area contributed by atoms with Crippen LogP contribution >= 0.6 is 0 Å². The minimum Gasteiger partial charge on any atom is -0.352 e. The Morgan fingerprint density at radius 2 is 1.72 bits per heavy atom. The zero-order chi connectivity index (χ0) is 23.1. The van der Waals surface area contributed by atoms with Crippen molar-refractivity contribution in [3.05, 3.63) is 65.2 Å². The summed E-state index contributed by atoms with van der Waals surface area (Å²) in [6.45, 7) is 7.30. The summed E-state index contributed by atoms with van der Waals surface area (Å²) in [5.74, 6) is -0.268. The summed E-state index contributed by atoms with van der Waals surface area (Å²) < 4.78 is 0. The van der Waals surface area contributed by atoms with Crippen LogP contribution in [0, 0.1) is 12.8 Å². The first-order valence-electron chi connectivity index (χ1n) is 11.1. The van der Waals surface area contributed by atoms with Gasteiger partial charge in [0.05, 0.1) is 5.92 Å². The predicted octanol–water partition coefficient (Wildman–Crippen LogP) is 3.69. The highest BCUT2D eigenvalue weighted by Crippen LogP contribution is 2.19. The maximum Gasteiger partial charge on any atom is 0.319 e. The number of hydrogen-bond donors (Lipinski definition) is 3. The molecule has 0 aliphatic carbocycles. The lowest BCUT2D eigenvalue weighted by Crippen LogP contribution is -2.45. The number of nitrogens with zero attached hydrogens (tertiary/aromatic N) is 1. The van der Waals surface area contributed by atoms with Gasteiger partial charge in [-0.3, -0.25) is 9.59 Å². The number of carbonyl (C=O) groups is 3. The first-order chi connectivity index (χ1) is 15.3. The molecule has 2 aromatic carbocycles. The van der Waals surface area contributed by atoms with Crippen LogP contribution in [0.25, 0.3) is 0 Å². The molecule has 0 saturated carbocycles. The number of anilines is 1. The van der Waals surface area contributed by atoms with Gasteiger partial charge in [-0.15, -0.1) is 0 Å². The Kier molecular flexibility index (Phi) is 7.87. The van der Waals surface area contributed by atoms with Crippen LogP contribution < -0.4 is 16.0 Å². The van der Waals surface area contributed by atoms with Crippen molar-refractivity contribution >= 4 is 23.5 Å². The smallest absolute Gasteiger partial charge is 0.319 e. The molecular formula is C25H32N4O3. The molecule has 3 rings (SSSR count). The van der Waals surface area contributed by atoms with Crippen LogP contribution in [0.4, 0.5) is 10.5 Å². The molecule has 170 valence electrons. The molecule has 1 fully saturated rings. The lowest BCUT2D eigenvalue weighted by molar-refractivity contribution is -0.126. The van der Waals surface area contributed by atoms with Crippen molar-refractivity contribution in [1.29, 1.82) is 0 Å². The van der Waals surface area contributed by atoms with Crippen LogP contribution in [0.5, 0.6) is 0 Å². The van der Waals surface area contributed by atoms with Gasteiger partial charge in [0.2, 0.25) is 5.91 Å². The van der Waals surface area contributed by atoms with Crippen LogP contribution in [0.15, 0.2) is 48.5 Å². The number of rotatable bonds is 6. The first-order valence-corrected chi connectivity index (χ1v) is 11.1. The molecule has 0 radical (unpaired) electrons. The van der Waals surface area contributed by atoms with Crippen LogP contribution in [-0.4, -0.2) is 41.9 Å². The van der Waals surface area contributed by atoms with Crippen molar-refractivity contribution in [2.75, 3.05) is 18.4 Å². The summed E-state index contributed by atoms with van der Waals surface area (Å²) >= 11 is 0. The molecular weight excluding hydrogens is 404 g/mol. The van der Waals surface area contributed by atoms with Crippen LogP contribution in [0.2, 0.25) is 0 Å².